The molecule has 0 saturated carbocycles. The molecule has 1 aromatic heterocycles. The Bertz CT molecular complexity index is 1460. The van der Waals surface area contributed by atoms with Crippen LogP contribution in [-0.2, 0) is 17.4 Å². The van der Waals surface area contributed by atoms with E-state index in [2.05, 4.69) is 37.9 Å². The average Bonchev–Trinajstić information content (AvgIpc) is 3.29. The van der Waals surface area contributed by atoms with E-state index in [-0.39, 0.29) is 39.9 Å². The first-order chi connectivity index (χ1) is 17.3. The molecule has 0 aliphatic carbocycles. The summed E-state index contributed by atoms with van der Waals surface area (Å²) in [6.07, 6.45) is -4.67. The smallest absolute Gasteiger partial charge is 0.435 e. The van der Waals surface area contributed by atoms with E-state index < -0.39 is 16.5 Å². The molecule has 4 rings (SSSR count). The normalized spacial score (nSPS) is 12.1. The summed E-state index contributed by atoms with van der Waals surface area (Å²) in [6, 6.07) is 14.3. The fraction of sp³-hybridized carbons (Fsp3) is 0.125. The number of halogens is 6. The highest BCUT2D eigenvalue weighted by atomic mass is 35.5. The molecule has 4 nitrogen and oxygen atoms in total. The van der Waals surface area contributed by atoms with Crippen LogP contribution < -0.4 is 4.74 Å². The zero-order valence-electron chi connectivity index (χ0n) is 18.7. The lowest BCUT2D eigenvalue weighted by molar-refractivity contribution is -0.141. The second-order valence-corrected chi connectivity index (χ2v) is 14.3. The minimum atomic E-state index is -4.67. The lowest BCUT2D eigenvalue weighted by Gasteiger charge is -2.22. The number of nitrogens with one attached hydrogen (secondary N) is 1. The highest BCUT2D eigenvalue weighted by Gasteiger charge is 2.35. The molecule has 0 aliphatic rings. The second-order valence-electron chi connectivity index (χ2n) is 8.16. The van der Waals surface area contributed by atoms with Gasteiger partial charge < -0.3 is 9.84 Å². The van der Waals surface area contributed by atoms with Gasteiger partial charge in [0.2, 0.25) is 0 Å². The van der Waals surface area contributed by atoms with E-state index in [0.29, 0.717) is 21.2 Å². The SMILES string of the molecule is Oc1c(-c2cc(C(F)(F)F)n[nH]2)c(Cl)cc(OCc2ccc(Cl)cc2)c1-c1ccc(Cl)c(C(P)(P)P)c1. The molecule has 37 heavy (non-hydrogen) atoms. The number of phenols is 1. The molecule has 3 unspecified atom stereocenters. The minimum Gasteiger partial charge on any atom is -0.506 e. The lowest BCUT2D eigenvalue weighted by Crippen LogP contribution is -2.04. The Morgan fingerprint density at radius 2 is 1.57 bits per heavy atom. The number of benzene rings is 3. The van der Waals surface area contributed by atoms with E-state index >= 15 is 0 Å². The number of ether oxygens (including phenoxy) is 1. The van der Waals surface area contributed by atoms with E-state index in [1.54, 1.807) is 42.5 Å². The van der Waals surface area contributed by atoms with Crippen molar-refractivity contribution in [3.8, 4) is 33.9 Å². The van der Waals surface area contributed by atoms with Gasteiger partial charge in [0.25, 0.3) is 0 Å². The van der Waals surface area contributed by atoms with Crippen LogP contribution in [-0.4, -0.2) is 15.3 Å². The van der Waals surface area contributed by atoms with E-state index in [0.717, 1.165) is 11.6 Å². The van der Waals surface area contributed by atoms with Crippen molar-refractivity contribution in [1.29, 1.82) is 0 Å². The first-order valence-electron chi connectivity index (χ1n) is 10.5. The molecule has 13 heteroatoms. The van der Waals surface area contributed by atoms with Crippen LogP contribution in [0.3, 0.4) is 0 Å². The van der Waals surface area contributed by atoms with Crippen LogP contribution in [0.1, 0.15) is 16.8 Å². The quantitative estimate of drug-likeness (QED) is 0.211. The van der Waals surface area contributed by atoms with Gasteiger partial charge in [-0.25, -0.2) is 0 Å². The van der Waals surface area contributed by atoms with E-state index in [4.69, 9.17) is 39.5 Å². The van der Waals surface area contributed by atoms with Crippen molar-refractivity contribution in [3.63, 3.8) is 0 Å². The Kier molecular flexibility index (Phi) is 8.37. The molecule has 194 valence electrons. The van der Waals surface area contributed by atoms with Crippen LogP contribution in [0.15, 0.2) is 54.6 Å². The van der Waals surface area contributed by atoms with E-state index in [1.807, 2.05) is 0 Å². The van der Waals surface area contributed by atoms with E-state index in [1.165, 1.54) is 6.07 Å². The van der Waals surface area contributed by atoms with Gasteiger partial charge >= 0.3 is 6.18 Å². The van der Waals surface area contributed by atoms with Crippen molar-refractivity contribution < 1.29 is 23.0 Å². The summed E-state index contributed by atoms with van der Waals surface area (Å²) < 4.78 is 45.0. The summed E-state index contributed by atoms with van der Waals surface area (Å²) in [5, 5.41) is 18.1. The lowest BCUT2D eigenvalue weighted by atomic mass is 9.97. The molecule has 0 bridgehead atoms. The first kappa shape index (κ1) is 28.4. The van der Waals surface area contributed by atoms with Crippen LogP contribution in [0.5, 0.6) is 11.5 Å². The third kappa shape index (κ3) is 6.36. The number of rotatable bonds is 6. The van der Waals surface area contributed by atoms with Crippen molar-refractivity contribution in [2.75, 3.05) is 0 Å². The van der Waals surface area contributed by atoms with Gasteiger partial charge in [-0.05, 0) is 47.0 Å². The fourth-order valence-electron chi connectivity index (χ4n) is 3.61. The van der Waals surface area contributed by atoms with Crippen LogP contribution in [0.4, 0.5) is 13.2 Å². The molecule has 3 atom stereocenters. The van der Waals surface area contributed by atoms with Gasteiger partial charge in [0, 0.05) is 20.7 Å². The molecule has 2 N–H and O–H groups in total. The Labute approximate surface area is 232 Å². The van der Waals surface area contributed by atoms with Gasteiger partial charge in [0.1, 0.15) is 18.1 Å². The maximum atomic E-state index is 13.2. The van der Waals surface area contributed by atoms with Crippen molar-refractivity contribution in [1.82, 2.24) is 10.2 Å². The van der Waals surface area contributed by atoms with Gasteiger partial charge in [-0.1, -0.05) is 53.0 Å². The number of nitrogens with zero attached hydrogens (tertiary/aromatic N) is 1. The molecule has 1 heterocycles. The number of phenolic OH excluding ortho intramolecular Hbond substituents is 1. The van der Waals surface area contributed by atoms with Crippen LogP contribution in [0.2, 0.25) is 15.1 Å². The third-order valence-electron chi connectivity index (χ3n) is 5.38. The summed E-state index contributed by atoms with van der Waals surface area (Å²) in [5.74, 6) is -0.168. The summed E-state index contributed by atoms with van der Waals surface area (Å²) >= 11 is 18.8. The van der Waals surface area contributed by atoms with Gasteiger partial charge in [0.15, 0.2) is 5.69 Å². The monoisotopic (exact) mass is 622 g/mol. The number of alkyl halides is 3. The fourth-order valence-corrected chi connectivity index (χ4v) is 5.30. The molecule has 0 amide bonds. The Morgan fingerprint density at radius 1 is 0.892 bits per heavy atom. The van der Waals surface area contributed by atoms with Gasteiger partial charge in [-0.3, -0.25) is 5.10 Å². The maximum Gasteiger partial charge on any atom is 0.435 e. The highest BCUT2D eigenvalue weighted by Crippen LogP contribution is 2.52. The molecule has 0 saturated heterocycles. The summed E-state index contributed by atoms with van der Waals surface area (Å²) in [6.45, 7) is 0.114. The molecule has 0 spiro atoms. The Morgan fingerprint density at radius 3 is 2.16 bits per heavy atom. The van der Waals surface area contributed by atoms with Crippen molar-refractivity contribution >= 4 is 62.5 Å². The maximum absolute atomic E-state index is 13.2. The van der Waals surface area contributed by atoms with Gasteiger partial charge in [-0.15, -0.1) is 27.7 Å². The third-order valence-corrected chi connectivity index (χ3v) is 7.20. The van der Waals surface area contributed by atoms with E-state index in [9.17, 15) is 18.3 Å². The molecular weight excluding hydrogens is 605 g/mol. The summed E-state index contributed by atoms with van der Waals surface area (Å²) in [4.78, 5) is 0. The number of aromatic nitrogens is 2. The number of aromatic amines is 1. The summed E-state index contributed by atoms with van der Waals surface area (Å²) in [5.41, 5.74) is 0.930. The van der Waals surface area contributed by atoms with Crippen LogP contribution in [0.25, 0.3) is 22.4 Å². The van der Waals surface area contributed by atoms with Gasteiger partial charge in [-0.2, -0.15) is 18.3 Å². The standard InChI is InChI=1S/C24H19Cl3F3N2O2P3/c25-13-4-1-11(2-5-13)10-34-18-8-16(27)21(17-9-19(32-31-17)23(28,29)30)22(33)20(18)12-3-6-15(26)14(7-12)24(35,36)37/h1-9,33H,10,35-37H2,(H,31,32). The van der Waals surface area contributed by atoms with Crippen LogP contribution >= 0.6 is 62.5 Å². The molecule has 4 aromatic rings. The zero-order valence-corrected chi connectivity index (χ0v) is 24.4. The molecule has 0 aliphatic heterocycles. The predicted molar refractivity (Wildman–Crippen MR) is 153 cm³/mol. The van der Waals surface area contributed by atoms with Crippen molar-refractivity contribution in [3.05, 3.63) is 86.5 Å². The number of hydrogen-bond acceptors (Lipinski definition) is 3. The number of hydrogen-bond donors (Lipinski definition) is 2. The van der Waals surface area contributed by atoms with Crippen LogP contribution in [0, 0.1) is 0 Å². The second kappa shape index (κ2) is 10.9. The first-order valence-corrected chi connectivity index (χ1v) is 13.3. The molecule has 0 radical (unpaired) electrons. The number of H-pyrrole nitrogens is 1. The summed E-state index contributed by atoms with van der Waals surface area (Å²) in [7, 11) is 7.90. The van der Waals surface area contributed by atoms with Crippen molar-refractivity contribution in [2.24, 2.45) is 0 Å². The molecular formula is C24H19Cl3F3N2O2P3. The zero-order chi connectivity index (χ0) is 27.1. The van der Waals surface area contributed by atoms with Gasteiger partial charge in [0.05, 0.1) is 21.8 Å². The Hall–Kier alpha value is -1.58. The highest BCUT2D eigenvalue weighted by molar-refractivity contribution is 7.56. The minimum absolute atomic E-state index is 0.0311. The largest absolute Gasteiger partial charge is 0.506 e. The average molecular weight is 624 g/mol. The topological polar surface area (TPSA) is 58.1 Å². The molecule has 3 aromatic carbocycles. The Balaban J connectivity index is 1.89. The van der Waals surface area contributed by atoms with Crippen molar-refractivity contribution in [2.45, 2.75) is 17.4 Å². The molecule has 0 fully saturated rings. The number of aromatic hydroxyl groups is 1. The predicted octanol–water partition coefficient (Wildman–Crippen LogP) is 8.74.